The van der Waals surface area contributed by atoms with Gasteiger partial charge >= 0.3 is 15.1 Å². The topological polar surface area (TPSA) is 269 Å². The largest absolute Gasteiger partial charge is 0.698 e. The third kappa shape index (κ3) is 5.13. The number of aromatic nitrogens is 8. The Morgan fingerprint density at radius 2 is 1.43 bits per heavy atom. The van der Waals surface area contributed by atoms with Crippen LogP contribution in [-0.4, -0.2) is 99.1 Å². The smallest absolute Gasteiger partial charge is 0.387 e. The molecule has 3 aliphatic rings. The summed E-state index contributed by atoms with van der Waals surface area (Å²) in [5, 5.41) is 22.4. The van der Waals surface area contributed by atoms with Crippen LogP contribution in [0.1, 0.15) is 12.5 Å². The number of imidazole rings is 2. The second kappa shape index (κ2) is 11.6. The summed E-state index contributed by atoms with van der Waals surface area (Å²) in [6.07, 6.45) is -5.18. The van der Waals surface area contributed by atoms with E-state index < -0.39 is 77.3 Å². The Morgan fingerprint density at radius 1 is 0.886 bits per heavy atom. The van der Waals surface area contributed by atoms with Gasteiger partial charge in [0.05, 0.1) is 19.3 Å². The van der Waals surface area contributed by atoms with Gasteiger partial charge in [0.2, 0.25) is 0 Å². The zero-order valence-electron chi connectivity index (χ0n) is 22.0. The average molecular weight is 690 g/mol. The highest BCUT2D eigenvalue weighted by atomic mass is 33.3. The second-order valence-electron chi connectivity index (χ2n) is 9.76. The van der Waals surface area contributed by atoms with Gasteiger partial charge in [-0.1, -0.05) is 11.7 Å². The Bertz CT molecular complexity index is 1780. The number of nitrogen functional groups attached to an aromatic ring is 2. The Balaban J connectivity index is 1.21. The number of nitrogens with two attached hydrogens (primary N) is 2. The summed E-state index contributed by atoms with van der Waals surface area (Å²) in [4.78, 5) is 24.6. The first-order valence-corrected chi connectivity index (χ1v) is 17.8. The van der Waals surface area contributed by atoms with E-state index >= 15 is 0 Å². The fraction of sp³-hybridized carbons (Fsp3) is 0.500. The van der Waals surface area contributed by atoms with Crippen LogP contribution in [-0.2, 0) is 36.7 Å². The second-order valence-corrected chi connectivity index (χ2v) is 15.5. The lowest BCUT2D eigenvalue weighted by Crippen LogP contribution is -2.37. The Labute approximate surface area is 255 Å². The van der Waals surface area contributed by atoms with Crippen molar-refractivity contribution < 1.29 is 46.9 Å². The van der Waals surface area contributed by atoms with E-state index in [-0.39, 0.29) is 34.0 Å². The molecule has 0 radical (unpaired) electrons. The van der Waals surface area contributed by atoms with Crippen molar-refractivity contribution in [1.82, 2.24) is 39.0 Å². The fourth-order valence-corrected chi connectivity index (χ4v) is 8.42. The zero-order chi connectivity index (χ0) is 30.7. The minimum atomic E-state index is -4.20. The number of thiol groups is 1. The highest BCUT2D eigenvalue weighted by molar-refractivity contribution is 8.93. The SMILES string of the molecule is Nc1ncnc2c1ncn2[C@@H]1O[C@@H]2COP(=O)(SS)O[C@@H]3[C@H](O)[C@@H](CO[P+](=O)O[C@@H]1[C@@H]2O)O[C@H]3n1cnc2c(N)ncnc21. The minimum absolute atomic E-state index is 0.101. The first kappa shape index (κ1) is 30.1. The standard InChI is InChI=1S/C20H22N10O10P2S2/c21-15-9-17(25-3-23-15)29(5-27-9)19-13-11(31)8(38-19)2-36-42(34,44-43)40-14-12(32)7(1-35-41(33)39-13)37-20(14)30-6-28-10-16(22)24-4-26-18(10)30/h3-8,11-14,19-20,31-32H,1-2H2,(H4-,21,22,23,24,25,26,43)/p+1/t7-,8-,11-,12-,13-,14-,19-,20-,42?/m1/s1. The molecule has 4 bridgehead atoms. The molecular formula is C20H23N10O10P2S2+. The predicted octanol–water partition coefficient (Wildman–Crippen LogP) is 0.508. The van der Waals surface area contributed by atoms with Crippen LogP contribution >= 0.6 is 37.1 Å². The molecule has 0 aromatic carbocycles. The molecule has 4 aromatic heterocycles. The summed E-state index contributed by atoms with van der Waals surface area (Å²) in [7, 11) is -2.47. The summed E-state index contributed by atoms with van der Waals surface area (Å²) in [6.45, 7) is -5.16. The molecular weight excluding hydrogens is 666 g/mol. The number of hydrogen-bond acceptors (Lipinski definition) is 20. The van der Waals surface area contributed by atoms with Gasteiger partial charge in [-0.2, -0.15) is 0 Å². The average Bonchev–Trinajstić information content (AvgIpc) is 3.77. The summed E-state index contributed by atoms with van der Waals surface area (Å²) in [5.74, 6) is 0.205. The van der Waals surface area contributed by atoms with E-state index in [1.54, 1.807) is 0 Å². The van der Waals surface area contributed by atoms with E-state index in [0.717, 1.165) is 0 Å². The molecule has 6 N–H and O–H groups in total. The van der Waals surface area contributed by atoms with Crippen molar-refractivity contribution in [2.45, 2.75) is 49.1 Å². The molecule has 0 spiro atoms. The lowest BCUT2D eigenvalue weighted by Gasteiger charge is -2.26. The number of aliphatic hydroxyl groups is 2. The van der Waals surface area contributed by atoms with Crippen LogP contribution in [0.25, 0.3) is 22.3 Å². The molecule has 2 unspecified atom stereocenters. The van der Waals surface area contributed by atoms with Gasteiger partial charge in [-0.15, -0.1) is 9.05 Å². The van der Waals surface area contributed by atoms with Crippen molar-refractivity contribution >= 4 is 71.1 Å². The van der Waals surface area contributed by atoms with Crippen molar-refractivity contribution in [2.24, 2.45) is 0 Å². The molecule has 0 aliphatic carbocycles. The van der Waals surface area contributed by atoms with Gasteiger partial charge in [0.1, 0.15) is 60.8 Å². The van der Waals surface area contributed by atoms with E-state index in [9.17, 15) is 19.3 Å². The molecule has 0 saturated carbocycles. The maximum atomic E-state index is 13.8. The van der Waals surface area contributed by atoms with Crippen molar-refractivity contribution in [3.63, 3.8) is 0 Å². The fourth-order valence-electron chi connectivity index (χ4n) is 5.15. The molecule has 3 aliphatic heterocycles. The third-order valence-electron chi connectivity index (χ3n) is 7.25. The first-order valence-electron chi connectivity index (χ1n) is 12.7. The lowest BCUT2D eigenvalue weighted by atomic mass is 10.1. The monoisotopic (exact) mass is 689 g/mol. The number of rotatable bonds is 3. The number of aliphatic hydroxyl groups excluding tert-OH is 2. The minimum Gasteiger partial charge on any atom is -0.387 e. The summed E-state index contributed by atoms with van der Waals surface area (Å²) in [6, 6.07) is 0. The molecule has 3 saturated heterocycles. The van der Waals surface area contributed by atoms with E-state index in [0.29, 0.717) is 10.4 Å². The molecule has 44 heavy (non-hydrogen) atoms. The highest BCUT2D eigenvalue weighted by Crippen LogP contribution is 2.65. The van der Waals surface area contributed by atoms with Gasteiger partial charge in [-0.3, -0.25) is 18.2 Å². The molecule has 0 amide bonds. The molecule has 7 heterocycles. The van der Waals surface area contributed by atoms with Crippen molar-refractivity contribution in [3.05, 3.63) is 25.3 Å². The van der Waals surface area contributed by atoms with Crippen LogP contribution < -0.4 is 11.5 Å². The lowest BCUT2D eigenvalue weighted by molar-refractivity contribution is -0.0580. The van der Waals surface area contributed by atoms with Gasteiger partial charge < -0.3 is 31.2 Å². The first-order chi connectivity index (χ1) is 21.2. The predicted molar refractivity (Wildman–Crippen MR) is 153 cm³/mol. The molecule has 20 nitrogen and oxygen atoms in total. The van der Waals surface area contributed by atoms with Gasteiger partial charge in [-0.05, 0) is 0 Å². The highest BCUT2D eigenvalue weighted by Gasteiger charge is 2.55. The molecule has 7 rings (SSSR count). The van der Waals surface area contributed by atoms with E-state index in [1.807, 2.05) is 0 Å². The summed E-state index contributed by atoms with van der Waals surface area (Å²) >= 11 is 4.10. The Hall–Kier alpha value is -2.59. The quantitative estimate of drug-likeness (QED) is 0.111. The third-order valence-corrected chi connectivity index (χ3v) is 12.2. The molecule has 234 valence electrons. The molecule has 4 aromatic rings. The van der Waals surface area contributed by atoms with Crippen molar-refractivity contribution in [3.8, 4) is 0 Å². The maximum absolute atomic E-state index is 13.8. The molecule has 10 atom stereocenters. The van der Waals surface area contributed by atoms with Crippen molar-refractivity contribution in [1.29, 1.82) is 0 Å². The van der Waals surface area contributed by atoms with Gasteiger partial charge in [0.15, 0.2) is 41.5 Å². The Morgan fingerprint density at radius 3 is 2.02 bits per heavy atom. The van der Waals surface area contributed by atoms with Crippen LogP contribution in [0.5, 0.6) is 0 Å². The van der Waals surface area contributed by atoms with Crippen LogP contribution in [0.2, 0.25) is 0 Å². The summed E-state index contributed by atoms with van der Waals surface area (Å²) in [5.41, 5.74) is 12.8. The van der Waals surface area contributed by atoms with Crippen LogP contribution in [0.3, 0.4) is 0 Å². The van der Waals surface area contributed by atoms with Crippen LogP contribution in [0.15, 0.2) is 25.3 Å². The Kier molecular flexibility index (Phi) is 7.96. The van der Waals surface area contributed by atoms with Crippen LogP contribution in [0.4, 0.5) is 11.6 Å². The van der Waals surface area contributed by atoms with E-state index in [4.69, 9.17) is 39.0 Å². The summed E-state index contributed by atoms with van der Waals surface area (Å²) < 4.78 is 64.3. The maximum Gasteiger partial charge on any atom is 0.698 e. The van der Waals surface area contributed by atoms with Gasteiger partial charge in [-0.25, -0.2) is 34.5 Å². The number of fused-ring (bicyclic) bond motifs is 6. The number of anilines is 2. The van der Waals surface area contributed by atoms with Gasteiger partial charge in [0, 0.05) is 15.0 Å². The van der Waals surface area contributed by atoms with E-state index in [1.165, 1.54) is 34.4 Å². The number of ether oxygens (including phenoxy) is 2. The van der Waals surface area contributed by atoms with Gasteiger partial charge in [0.25, 0.3) is 0 Å². The van der Waals surface area contributed by atoms with Crippen molar-refractivity contribution in [2.75, 3.05) is 24.7 Å². The number of nitrogens with zero attached hydrogens (tertiary/aromatic N) is 8. The normalized spacial score (nSPS) is 35.8. The molecule has 3 fully saturated rings. The molecule has 24 heteroatoms. The van der Waals surface area contributed by atoms with Crippen LogP contribution in [0, 0.1) is 0 Å². The zero-order valence-corrected chi connectivity index (χ0v) is 25.5. The van der Waals surface area contributed by atoms with E-state index in [2.05, 4.69) is 41.6 Å². The number of hydrogen-bond donors (Lipinski definition) is 5.